The highest BCUT2D eigenvalue weighted by molar-refractivity contribution is 5.69. The normalized spacial score (nSPS) is 13.0. The SMILES string of the molecule is CCOC(=O)CC(O)CNCc1ccc(C(F)(F)F)cc1. The summed E-state index contributed by atoms with van der Waals surface area (Å²) in [5, 5.41) is 12.4. The van der Waals surface area contributed by atoms with Crippen LogP contribution in [0.3, 0.4) is 0 Å². The summed E-state index contributed by atoms with van der Waals surface area (Å²) in [7, 11) is 0. The summed E-state index contributed by atoms with van der Waals surface area (Å²) in [4.78, 5) is 11.1. The van der Waals surface area contributed by atoms with Crippen LogP contribution in [0.1, 0.15) is 24.5 Å². The molecule has 0 saturated heterocycles. The van der Waals surface area contributed by atoms with Crippen LogP contribution in [0.15, 0.2) is 24.3 Å². The van der Waals surface area contributed by atoms with Crippen molar-refractivity contribution in [2.24, 2.45) is 0 Å². The quantitative estimate of drug-likeness (QED) is 0.758. The van der Waals surface area contributed by atoms with Crippen LogP contribution < -0.4 is 5.32 Å². The maximum absolute atomic E-state index is 12.4. The summed E-state index contributed by atoms with van der Waals surface area (Å²) < 4.78 is 41.8. The minimum Gasteiger partial charge on any atom is -0.466 e. The predicted molar refractivity (Wildman–Crippen MR) is 70.4 cm³/mol. The van der Waals surface area contributed by atoms with Crippen LogP contribution in [-0.4, -0.2) is 30.3 Å². The van der Waals surface area contributed by atoms with Gasteiger partial charge in [-0.25, -0.2) is 0 Å². The summed E-state index contributed by atoms with van der Waals surface area (Å²) in [5.41, 5.74) is -0.0417. The Bertz CT molecular complexity index is 446. The molecular weight excluding hydrogens is 287 g/mol. The molecule has 0 fully saturated rings. The fraction of sp³-hybridized carbons (Fsp3) is 0.500. The van der Waals surface area contributed by atoms with Crippen molar-refractivity contribution >= 4 is 5.97 Å². The molecule has 0 saturated carbocycles. The Balaban J connectivity index is 2.34. The van der Waals surface area contributed by atoms with Crippen molar-refractivity contribution < 1.29 is 27.8 Å². The molecule has 0 bridgehead atoms. The third kappa shape index (κ3) is 6.59. The molecule has 4 nitrogen and oxygen atoms in total. The van der Waals surface area contributed by atoms with E-state index in [1.165, 1.54) is 12.1 Å². The molecule has 118 valence electrons. The van der Waals surface area contributed by atoms with E-state index in [9.17, 15) is 23.1 Å². The predicted octanol–water partition coefficient (Wildman–Crippen LogP) is 2.11. The van der Waals surface area contributed by atoms with E-state index in [4.69, 9.17) is 0 Å². The lowest BCUT2D eigenvalue weighted by Crippen LogP contribution is -2.29. The Labute approximate surface area is 120 Å². The van der Waals surface area contributed by atoms with Crippen LogP contribution in [0, 0.1) is 0 Å². The molecule has 0 aromatic heterocycles. The highest BCUT2D eigenvalue weighted by Crippen LogP contribution is 2.28. The number of aliphatic hydroxyl groups is 1. The van der Waals surface area contributed by atoms with Gasteiger partial charge in [-0.1, -0.05) is 12.1 Å². The fourth-order valence-corrected chi connectivity index (χ4v) is 1.68. The monoisotopic (exact) mass is 305 g/mol. The van der Waals surface area contributed by atoms with Crippen LogP contribution in [0.4, 0.5) is 13.2 Å². The molecule has 1 aromatic rings. The van der Waals surface area contributed by atoms with Crippen molar-refractivity contribution in [1.29, 1.82) is 0 Å². The molecule has 21 heavy (non-hydrogen) atoms. The summed E-state index contributed by atoms with van der Waals surface area (Å²) in [5.74, 6) is -0.485. The van der Waals surface area contributed by atoms with Gasteiger partial charge >= 0.3 is 12.1 Å². The van der Waals surface area contributed by atoms with Crippen molar-refractivity contribution in [3.63, 3.8) is 0 Å². The minimum absolute atomic E-state index is 0.117. The number of esters is 1. The number of hydrogen-bond donors (Lipinski definition) is 2. The summed E-state index contributed by atoms with van der Waals surface area (Å²) >= 11 is 0. The first-order chi connectivity index (χ1) is 9.82. The van der Waals surface area contributed by atoms with Gasteiger partial charge in [-0.05, 0) is 24.6 Å². The molecule has 0 amide bonds. The molecule has 0 aliphatic carbocycles. The van der Waals surface area contributed by atoms with E-state index in [0.29, 0.717) is 12.1 Å². The third-order valence-electron chi connectivity index (χ3n) is 2.70. The molecule has 0 aliphatic heterocycles. The fourth-order valence-electron chi connectivity index (χ4n) is 1.68. The number of alkyl halides is 3. The van der Waals surface area contributed by atoms with Crippen molar-refractivity contribution in [2.45, 2.75) is 32.2 Å². The number of benzene rings is 1. The van der Waals surface area contributed by atoms with Gasteiger partial charge in [0.15, 0.2) is 0 Å². The standard InChI is InChI=1S/C14H18F3NO3/c1-2-21-13(20)7-12(19)9-18-8-10-3-5-11(6-4-10)14(15,16)17/h3-6,12,18-19H,2,7-9H2,1H3. The summed E-state index contributed by atoms with van der Waals surface area (Å²) in [6.07, 6.45) is -5.35. The van der Waals surface area contributed by atoms with Gasteiger partial charge in [0, 0.05) is 13.1 Å². The van der Waals surface area contributed by atoms with Crippen LogP contribution in [-0.2, 0) is 22.3 Å². The number of rotatable bonds is 7. The van der Waals surface area contributed by atoms with Gasteiger partial charge in [0.25, 0.3) is 0 Å². The van der Waals surface area contributed by atoms with Gasteiger partial charge in [0.2, 0.25) is 0 Å². The Morgan fingerprint density at radius 2 is 1.95 bits per heavy atom. The second-order valence-electron chi connectivity index (χ2n) is 4.49. The zero-order chi connectivity index (χ0) is 15.9. The Hall–Kier alpha value is -1.60. The maximum atomic E-state index is 12.4. The number of nitrogens with one attached hydrogen (secondary N) is 1. The lowest BCUT2D eigenvalue weighted by Gasteiger charge is -2.12. The van der Waals surface area contributed by atoms with Crippen molar-refractivity contribution in [2.75, 3.05) is 13.2 Å². The average Bonchev–Trinajstić information content (AvgIpc) is 2.38. The van der Waals surface area contributed by atoms with Crippen LogP contribution in [0.25, 0.3) is 0 Å². The lowest BCUT2D eigenvalue weighted by molar-refractivity contribution is -0.145. The average molecular weight is 305 g/mol. The summed E-state index contributed by atoms with van der Waals surface area (Å²) in [6.45, 7) is 2.38. The number of carbonyl (C=O) groups is 1. The number of hydrogen-bond acceptors (Lipinski definition) is 4. The first-order valence-corrected chi connectivity index (χ1v) is 6.53. The van der Waals surface area contributed by atoms with E-state index < -0.39 is 23.8 Å². The molecule has 0 aliphatic rings. The van der Waals surface area contributed by atoms with Gasteiger partial charge in [0.05, 0.1) is 24.7 Å². The molecule has 7 heteroatoms. The van der Waals surface area contributed by atoms with Gasteiger partial charge in [-0.15, -0.1) is 0 Å². The molecule has 0 spiro atoms. The van der Waals surface area contributed by atoms with E-state index in [0.717, 1.165) is 12.1 Å². The molecule has 1 unspecified atom stereocenters. The first-order valence-electron chi connectivity index (χ1n) is 6.53. The third-order valence-corrected chi connectivity index (χ3v) is 2.70. The minimum atomic E-state index is -4.35. The van der Waals surface area contributed by atoms with Gasteiger partial charge in [-0.3, -0.25) is 4.79 Å². The van der Waals surface area contributed by atoms with E-state index in [2.05, 4.69) is 10.1 Å². The van der Waals surface area contributed by atoms with Crippen LogP contribution >= 0.6 is 0 Å². The topological polar surface area (TPSA) is 58.6 Å². The number of halogens is 3. The van der Waals surface area contributed by atoms with Crippen LogP contribution in [0.2, 0.25) is 0 Å². The Morgan fingerprint density at radius 1 is 1.33 bits per heavy atom. The highest BCUT2D eigenvalue weighted by Gasteiger charge is 2.29. The Morgan fingerprint density at radius 3 is 2.48 bits per heavy atom. The number of ether oxygens (including phenoxy) is 1. The molecule has 0 heterocycles. The number of carbonyl (C=O) groups excluding carboxylic acids is 1. The zero-order valence-corrected chi connectivity index (χ0v) is 11.6. The summed E-state index contributed by atoms with van der Waals surface area (Å²) in [6, 6.07) is 4.75. The van der Waals surface area contributed by atoms with E-state index in [1.807, 2.05) is 0 Å². The maximum Gasteiger partial charge on any atom is 0.416 e. The highest BCUT2D eigenvalue weighted by atomic mass is 19.4. The molecule has 1 atom stereocenters. The smallest absolute Gasteiger partial charge is 0.416 e. The van der Waals surface area contributed by atoms with Gasteiger partial charge in [0.1, 0.15) is 0 Å². The van der Waals surface area contributed by atoms with Gasteiger partial charge < -0.3 is 15.2 Å². The molecule has 0 radical (unpaired) electrons. The van der Waals surface area contributed by atoms with E-state index in [-0.39, 0.29) is 19.6 Å². The zero-order valence-electron chi connectivity index (χ0n) is 11.6. The van der Waals surface area contributed by atoms with Gasteiger partial charge in [-0.2, -0.15) is 13.2 Å². The van der Waals surface area contributed by atoms with Crippen molar-refractivity contribution in [3.05, 3.63) is 35.4 Å². The second kappa shape index (κ2) is 7.99. The largest absolute Gasteiger partial charge is 0.466 e. The first kappa shape index (κ1) is 17.5. The molecule has 1 aromatic carbocycles. The van der Waals surface area contributed by atoms with Crippen molar-refractivity contribution in [3.8, 4) is 0 Å². The van der Waals surface area contributed by atoms with E-state index in [1.54, 1.807) is 6.92 Å². The van der Waals surface area contributed by atoms with E-state index >= 15 is 0 Å². The van der Waals surface area contributed by atoms with Crippen LogP contribution in [0.5, 0.6) is 0 Å². The van der Waals surface area contributed by atoms with Crippen molar-refractivity contribution in [1.82, 2.24) is 5.32 Å². The Kier molecular flexibility index (Phi) is 6.64. The second-order valence-corrected chi connectivity index (χ2v) is 4.49. The molecule has 1 rings (SSSR count). The molecule has 2 N–H and O–H groups in total. The lowest BCUT2D eigenvalue weighted by atomic mass is 10.1. The molecular formula is C14H18F3NO3. The number of aliphatic hydroxyl groups excluding tert-OH is 1.